The number of alkyl halides is 1. The third kappa shape index (κ3) is 4.08. The number of rotatable bonds is 7. The van der Waals surface area contributed by atoms with E-state index >= 15 is 4.39 Å². The number of halogens is 1. The molecule has 0 aliphatic heterocycles. The summed E-state index contributed by atoms with van der Waals surface area (Å²) in [5, 5.41) is 0. The second-order valence-corrected chi connectivity index (χ2v) is 11.3. The van der Waals surface area contributed by atoms with Gasteiger partial charge in [0.25, 0.3) is 0 Å². The van der Waals surface area contributed by atoms with Crippen LogP contribution in [0.25, 0.3) is 6.08 Å². The summed E-state index contributed by atoms with van der Waals surface area (Å²) in [5.41, 5.74) is 1.74. The smallest absolute Gasteiger partial charge is 0.219 e. The van der Waals surface area contributed by atoms with E-state index in [9.17, 15) is 16.8 Å². The zero-order chi connectivity index (χ0) is 21.8. The molecular weight excluding hydrogens is 423 g/mol. The van der Waals surface area contributed by atoms with Gasteiger partial charge in [0.05, 0.1) is 9.79 Å². The molecule has 30 heavy (non-hydrogen) atoms. The summed E-state index contributed by atoms with van der Waals surface area (Å²) in [5.74, 6) is 0. The highest BCUT2D eigenvalue weighted by Gasteiger charge is 2.56. The second kappa shape index (κ2) is 8.53. The SMILES string of the molecule is Cc1ccc(/C=C\CC(F)(S(=O)(=O)c2ccccc2)S(=O)(=O)c2ccccc2)cc1. The number of aryl methyl sites for hydroxylation is 1. The quantitative estimate of drug-likeness (QED) is 0.516. The van der Waals surface area contributed by atoms with Crippen molar-refractivity contribution < 1.29 is 21.2 Å². The molecule has 0 N–H and O–H groups in total. The summed E-state index contributed by atoms with van der Waals surface area (Å²) in [4.78, 5) is -0.786. The van der Waals surface area contributed by atoms with E-state index in [0.29, 0.717) is 5.56 Å². The average Bonchev–Trinajstić information content (AvgIpc) is 2.76. The standard InChI is InChI=1S/C23H21FO4S2/c1-19-14-16-20(17-15-19)9-8-18-23(24,29(25,26)21-10-4-2-5-11-21)30(27,28)22-12-6-3-7-13-22/h2-17H,18H2,1H3/b9-8-. The minimum Gasteiger partial charge on any atom is -0.219 e. The molecule has 3 aromatic rings. The predicted molar refractivity (Wildman–Crippen MR) is 116 cm³/mol. The third-order valence-electron chi connectivity index (χ3n) is 4.66. The lowest BCUT2D eigenvalue weighted by molar-refractivity contribution is 0.358. The van der Waals surface area contributed by atoms with Gasteiger partial charge in [-0.05, 0) is 36.8 Å². The van der Waals surface area contributed by atoms with Crippen LogP contribution in [-0.4, -0.2) is 21.2 Å². The summed E-state index contributed by atoms with van der Waals surface area (Å²) in [7, 11) is -9.75. The number of hydrogen-bond acceptors (Lipinski definition) is 4. The summed E-state index contributed by atoms with van der Waals surface area (Å²) in [6.07, 6.45) is 1.90. The fourth-order valence-corrected chi connectivity index (χ4v) is 7.03. The molecule has 0 saturated carbocycles. The van der Waals surface area contributed by atoms with Gasteiger partial charge < -0.3 is 0 Å². The summed E-state index contributed by atoms with van der Waals surface area (Å²) in [6.45, 7) is 1.92. The van der Waals surface area contributed by atoms with Crippen molar-refractivity contribution in [3.05, 3.63) is 102 Å². The van der Waals surface area contributed by atoms with E-state index in [1.165, 1.54) is 60.7 Å². The number of sulfone groups is 2. The van der Waals surface area contributed by atoms with E-state index in [4.69, 9.17) is 0 Å². The van der Waals surface area contributed by atoms with Crippen LogP contribution in [-0.2, 0) is 19.7 Å². The maximum Gasteiger partial charge on any atom is 0.321 e. The maximum absolute atomic E-state index is 16.3. The molecule has 0 atom stereocenters. The van der Waals surface area contributed by atoms with Crippen LogP contribution < -0.4 is 0 Å². The van der Waals surface area contributed by atoms with E-state index in [2.05, 4.69) is 0 Å². The summed E-state index contributed by atoms with van der Waals surface area (Å²) < 4.78 is 65.4. The Labute approximate surface area is 176 Å². The molecule has 0 aliphatic rings. The highest BCUT2D eigenvalue weighted by atomic mass is 32.3. The Morgan fingerprint density at radius 2 is 1.17 bits per heavy atom. The number of benzene rings is 3. The molecule has 4 nitrogen and oxygen atoms in total. The van der Waals surface area contributed by atoms with Crippen LogP contribution in [0.15, 0.2) is 101 Å². The second-order valence-electron chi connectivity index (χ2n) is 6.81. The lowest BCUT2D eigenvalue weighted by Gasteiger charge is -2.24. The molecule has 0 saturated heterocycles. The Morgan fingerprint density at radius 3 is 1.60 bits per heavy atom. The van der Waals surface area contributed by atoms with Crippen molar-refractivity contribution in [1.29, 1.82) is 0 Å². The third-order valence-corrected chi connectivity index (χ3v) is 9.70. The van der Waals surface area contributed by atoms with Crippen molar-refractivity contribution in [2.24, 2.45) is 0 Å². The van der Waals surface area contributed by atoms with Crippen molar-refractivity contribution in [2.45, 2.75) is 27.5 Å². The molecule has 0 bridgehead atoms. The van der Waals surface area contributed by atoms with Gasteiger partial charge >= 0.3 is 4.33 Å². The highest BCUT2D eigenvalue weighted by molar-refractivity contribution is 8.10. The van der Waals surface area contributed by atoms with Crippen LogP contribution in [0.1, 0.15) is 17.5 Å². The zero-order valence-corrected chi connectivity index (χ0v) is 17.9. The Kier molecular flexibility index (Phi) is 6.24. The van der Waals surface area contributed by atoms with Gasteiger partial charge in [-0.3, -0.25) is 0 Å². The minimum atomic E-state index is -4.87. The van der Waals surface area contributed by atoms with Gasteiger partial charge in [-0.15, -0.1) is 0 Å². The molecule has 3 aromatic carbocycles. The first kappa shape index (κ1) is 21.9. The highest BCUT2D eigenvalue weighted by Crippen LogP contribution is 2.40. The fourth-order valence-electron chi connectivity index (χ4n) is 2.93. The number of hydrogen-bond donors (Lipinski definition) is 0. The van der Waals surface area contributed by atoms with Gasteiger partial charge in [0.1, 0.15) is 0 Å². The molecule has 156 valence electrons. The van der Waals surface area contributed by atoms with E-state index in [1.807, 2.05) is 19.1 Å². The van der Waals surface area contributed by atoms with Crippen LogP contribution in [0.5, 0.6) is 0 Å². The predicted octanol–water partition coefficient (Wildman–Crippen LogP) is 4.97. The lowest BCUT2D eigenvalue weighted by atomic mass is 10.1. The molecular formula is C23H21FO4S2. The molecule has 0 unspecified atom stereocenters. The van der Waals surface area contributed by atoms with Crippen LogP contribution in [0.4, 0.5) is 4.39 Å². The number of allylic oxidation sites excluding steroid dienone is 1. The van der Waals surface area contributed by atoms with Gasteiger partial charge in [-0.25, -0.2) is 21.2 Å². The topological polar surface area (TPSA) is 68.3 Å². The van der Waals surface area contributed by atoms with Crippen molar-refractivity contribution in [3.8, 4) is 0 Å². The maximum atomic E-state index is 16.3. The molecule has 0 heterocycles. The molecule has 0 fully saturated rings. The van der Waals surface area contributed by atoms with Gasteiger partial charge in [-0.1, -0.05) is 78.4 Å². The monoisotopic (exact) mass is 444 g/mol. The molecule has 3 rings (SSSR count). The molecule has 0 radical (unpaired) electrons. The van der Waals surface area contributed by atoms with Crippen LogP contribution in [0.2, 0.25) is 0 Å². The summed E-state index contributed by atoms with van der Waals surface area (Å²) in [6, 6.07) is 20.8. The van der Waals surface area contributed by atoms with Gasteiger partial charge in [0.15, 0.2) is 0 Å². The van der Waals surface area contributed by atoms with Crippen LogP contribution >= 0.6 is 0 Å². The molecule has 0 aromatic heterocycles. The average molecular weight is 445 g/mol. The van der Waals surface area contributed by atoms with Crippen molar-refractivity contribution in [1.82, 2.24) is 0 Å². The largest absolute Gasteiger partial charge is 0.321 e. The lowest BCUT2D eigenvalue weighted by Crippen LogP contribution is -2.42. The van der Waals surface area contributed by atoms with E-state index in [0.717, 1.165) is 5.56 Å². The van der Waals surface area contributed by atoms with Gasteiger partial charge in [0, 0.05) is 6.42 Å². The van der Waals surface area contributed by atoms with E-state index in [-0.39, 0.29) is 0 Å². The Bertz CT molecular complexity index is 1160. The first-order valence-corrected chi connectivity index (χ1v) is 12.2. The van der Waals surface area contributed by atoms with Crippen molar-refractivity contribution in [2.75, 3.05) is 0 Å². The first-order chi connectivity index (χ1) is 14.2. The van der Waals surface area contributed by atoms with Crippen molar-refractivity contribution in [3.63, 3.8) is 0 Å². The van der Waals surface area contributed by atoms with Gasteiger partial charge in [0.2, 0.25) is 19.7 Å². The Hall–Kier alpha value is -2.77. The Morgan fingerprint density at radius 1 is 0.733 bits per heavy atom. The summed E-state index contributed by atoms with van der Waals surface area (Å²) >= 11 is 0. The van der Waals surface area contributed by atoms with E-state index < -0.39 is 40.2 Å². The van der Waals surface area contributed by atoms with Crippen molar-refractivity contribution >= 4 is 25.8 Å². The molecule has 0 aliphatic carbocycles. The molecule has 7 heteroatoms. The van der Waals surface area contributed by atoms with Gasteiger partial charge in [-0.2, -0.15) is 0 Å². The van der Waals surface area contributed by atoms with Crippen LogP contribution in [0.3, 0.4) is 0 Å². The minimum absolute atomic E-state index is 0.393. The van der Waals surface area contributed by atoms with E-state index in [1.54, 1.807) is 24.3 Å². The molecule has 0 spiro atoms. The zero-order valence-electron chi connectivity index (χ0n) is 16.3. The van der Waals surface area contributed by atoms with Crippen LogP contribution in [0, 0.1) is 6.92 Å². The fraction of sp³-hybridized carbons (Fsp3) is 0.130. The normalized spacial score (nSPS) is 12.9. The first-order valence-electron chi connectivity index (χ1n) is 9.20. The Balaban J connectivity index is 2.10. The molecule has 0 amide bonds.